The lowest BCUT2D eigenvalue weighted by molar-refractivity contribution is -0.125. The van der Waals surface area contributed by atoms with Crippen LogP contribution in [0.25, 0.3) is 0 Å². The standard InChI is InChI=1S/C18H28N4O2.HI/c1-3-19-17(22(2)12-13-6-11-24-21-13)20-15-14-7-10-23-16(14)18(15)8-4-5-9-18;/h6,11,14-16H,3-5,7-10,12H2,1-2H3,(H,19,20);1H. The number of aromatic nitrogens is 1. The summed E-state index contributed by atoms with van der Waals surface area (Å²) in [4.78, 5) is 6.87. The monoisotopic (exact) mass is 460 g/mol. The molecule has 3 atom stereocenters. The molecule has 1 aromatic heterocycles. The molecule has 4 rings (SSSR count). The van der Waals surface area contributed by atoms with E-state index in [1.165, 1.54) is 32.1 Å². The molecule has 7 heteroatoms. The van der Waals surface area contributed by atoms with E-state index in [9.17, 15) is 0 Å². The third-order valence-electron chi connectivity index (χ3n) is 6.13. The summed E-state index contributed by atoms with van der Waals surface area (Å²) in [6.45, 7) is 4.48. The van der Waals surface area contributed by atoms with Gasteiger partial charge < -0.3 is 19.5 Å². The number of hydrogen-bond donors (Lipinski definition) is 1. The zero-order valence-electron chi connectivity index (χ0n) is 15.1. The SMILES string of the molecule is CCN=C(NC1C2CCOC2C12CCCC2)N(C)Cc1ccon1.I. The summed E-state index contributed by atoms with van der Waals surface area (Å²) in [7, 11) is 2.07. The second-order valence-corrected chi connectivity index (χ2v) is 7.45. The highest BCUT2D eigenvalue weighted by Gasteiger charge is 2.65. The molecule has 2 aliphatic carbocycles. The van der Waals surface area contributed by atoms with Crippen LogP contribution in [0.5, 0.6) is 0 Å². The van der Waals surface area contributed by atoms with Crippen molar-refractivity contribution in [2.24, 2.45) is 16.3 Å². The van der Waals surface area contributed by atoms with Gasteiger partial charge in [0.25, 0.3) is 0 Å². The molecule has 25 heavy (non-hydrogen) atoms. The van der Waals surface area contributed by atoms with Crippen molar-refractivity contribution in [3.05, 3.63) is 18.0 Å². The predicted octanol–water partition coefficient (Wildman–Crippen LogP) is 3.04. The van der Waals surface area contributed by atoms with Crippen LogP contribution in [-0.4, -0.2) is 48.4 Å². The van der Waals surface area contributed by atoms with Crippen molar-refractivity contribution in [2.75, 3.05) is 20.2 Å². The lowest BCUT2D eigenvalue weighted by Crippen LogP contribution is -2.69. The number of hydrogen-bond acceptors (Lipinski definition) is 4. The first-order valence-electron chi connectivity index (χ1n) is 9.27. The van der Waals surface area contributed by atoms with Gasteiger partial charge in [0.2, 0.25) is 0 Å². The van der Waals surface area contributed by atoms with Gasteiger partial charge in [-0.25, -0.2) is 0 Å². The fourth-order valence-electron chi connectivity index (χ4n) is 5.11. The molecule has 3 aliphatic rings. The van der Waals surface area contributed by atoms with Crippen LogP contribution in [0.4, 0.5) is 0 Å². The summed E-state index contributed by atoms with van der Waals surface area (Å²) in [5, 5.41) is 7.83. The maximum atomic E-state index is 6.09. The minimum absolute atomic E-state index is 0. The average Bonchev–Trinajstić information content (AvgIpc) is 3.30. The lowest BCUT2D eigenvalue weighted by Gasteiger charge is -2.57. The van der Waals surface area contributed by atoms with Gasteiger partial charge in [0, 0.05) is 43.6 Å². The Bertz CT molecular complexity index is 586. The van der Waals surface area contributed by atoms with Crippen molar-refractivity contribution in [2.45, 2.75) is 57.7 Å². The van der Waals surface area contributed by atoms with Crippen molar-refractivity contribution >= 4 is 29.9 Å². The number of ether oxygens (including phenoxy) is 1. The molecule has 0 aromatic carbocycles. The third-order valence-corrected chi connectivity index (χ3v) is 6.13. The van der Waals surface area contributed by atoms with Gasteiger partial charge in [-0.1, -0.05) is 18.0 Å². The molecule has 3 unspecified atom stereocenters. The van der Waals surface area contributed by atoms with E-state index in [-0.39, 0.29) is 24.0 Å². The molecular formula is C18H29IN4O2. The zero-order valence-corrected chi connectivity index (χ0v) is 17.4. The normalized spacial score (nSPS) is 29.8. The Morgan fingerprint density at radius 3 is 2.92 bits per heavy atom. The van der Waals surface area contributed by atoms with E-state index in [1.54, 1.807) is 6.26 Å². The lowest BCUT2D eigenvalue weighted by atomic mass is 9.54. The maximum Gasteiger partial charge on any atom is 0.194 e. The number of fused-ring (bicyclic) bond motifs is 2. The molecule has 0 amide bonds. The molecule has 1 N–H and O–H groups in total. The molecule has 2 saturated carbocycles. The number of nitrogens with one attached hydrogen (secondary N) is 1. The largest absolute Gasteiger partial charge is 0.377 e. The summed E-state index contributed by atoms with van der Waals surface area (Å²) in [5.41, 5.74) is 1.26. The molecule has 0 bridgehead atoms. The highest BCUT2D eigenvalue weighted by molar-refractivity contribution is 14.0. The van der Waals surface area contributed by atoms with E-state index >= 15 is 0 Å². The van der Waals surface area contributed by atoms with E-state index in [0.29, 0.717) is 30.0 Å². The van der Waals surface area contributed by atoms with E-state index in [4.69, 9.17) is 14.3 Å². The topological polar surface area (TPSA) is 62.9 Å². The molecular weight excluding hydrogens is 431 g/mol. The van der Waals surface area contributed by atoms with Crippen LogP contribution in [-0.2, 0) is 11.3 Å². The van der Waals surface area contributed by atoms with E-state index < -0.39 is 0 Å². The van der Waals surface area contributed by atoms with Gasteiger partial charge in [-0.15, -0.1) is 24.0 Å². The fourth-order valence-corrected chi connectivity index (χ4v) is 5.11. The van der Waals surface area contributed by atoms with Gasteiger partial charge in [-0.2, -0.15) is 0 Å². The quantitative estimate of drug-likeness (QED) is 0.425. The minimum Gasteiger partial charge on any atom is -0.377 e. The molecule has 3 fully saturated rings. The Kier molecular flexibility index (Phi) is 5.92. The second kappa shape index (κ2) is 7.82. The number of nitrogens with zero attached hydrogens (tertiary/aromatic N) is 3. The van der Waals surface area contributed by atoms with Crippen LogP contribution in [0, 0.1) is 11.3 Å². The molecule has 1 spiro atoms. The Morgan fingerprint density at radius 2 is 2.24 bits per heavy atom. The van der Waals surface area contributed by atoms with Gasteiger partial charge >= 0.3 is 0 Å². The molecule has 1 aliphatic heterocycles. The number of rotatable bonds is 4. The molecule has 0 radical (unpaired) electrons. The fraction of sp³-hybridized carbons (Fsp3) is 0.778. The Balaban J connectivity index is 0.00000182. The smallest absolute Gasteiger partial charge is 0.194 e. The van der Waals surface area contributed by atoms with Crippen LogP contribution in [0.2, 0.25) is 0 Å². The van der Waals surface area contributed by atoms with Crippen molar-refractivity contribution in [1.29, 1.82) is 0 Å². The zero-order chi connectivity index (χ0) is 16.6. The van der Waals surface area contributed by atoms with E-state index in [1.807, 2.05) is 6.07 Å². The van der Waals surface area contributed by atoms with Crippen molar-refractivity contribution in [1.82, 2.24) is 15.4 Å². The van der Waals surface area contributed by atoms with Gasteiger partial charge in [0.1, 0.15) is 12.0 Å². The number of aliphatic imine (C=N–C) groups is 1. The second-order valence-electron chi connectivity index (χ2n) is 7.45. The summed E-state index contributed by atoms with van der Waals surface area (Å²) in [5.74, 6) is 1.62. The molecule has 1 aromatic rings. The van der Waals surface area contributed by atoms with Gasteiger partial charge in [-0.05, 0) is 26.2 Å². The van der Waals surface area contributed by atoms with Gasteiger partial charge in [-0.3, -0.25) is 4.99 Å². The van der Waals surface area contributed by atoms with Crippen LogP contribution >= 0.6 is 24.0 Å². The van der Waals surface area contributed by atoms with E-state index in [0.717, 1.165) is 24.8 Å². The van der Waals surface area contributed by atoms with Crippen LogP contribution in [0.15, 0.2) is 21.8 Å². The van der Waals surface area contributed by atoms with Crippen LogP contribution < -0.4 is 5.32 Å². The molecule has 1 saturated heterocycles. The summed E-state index contributed by atoms with van der Waals surface area (Å²) in [6, 6.07) is 2.40. The first kappa shape index (κ1) is 18.9. The van der Waals surface area contributed by atoms with Crippen molar-refractivity contribution in [3.8, 4) is 0 Å². The highest BCUT2D eigenvalue weighted by atomic mass is 127. The number of guanidine groups is 1. The van der Waals surface area contributed by atoms with Crippen LogP contribution in [0.1, 0.15) is 44.7 Å². The third kappa shape index (κ3) is 3.29. The minimum atomic E-state index is 0. The van der Waals surface area contributed by atoms with Gasteiger partial charge in [0.15, 0.2) is 5.96 Å². The molecule has 2 heterocycles. The Labute approximate surface area is 166 Å². The van der Waals surface area contributed by atoms with Crippen LogP contribution in [0.3, 0.4) is 0 Å². The highest BCUT2D eigenvalue weighted by Crippen LogP contribution is 2.60. The van der Waals surface area contributed by atoms with Crippen molar-refractivity contribution < 1.29 is 9.26 Å². The average molecular weight is 460 g/mol. The Hall–Kier alpha value is -0.830. The summed E-state index contributed by atoms with van der Waals surface area (Å²) >= 11 is 0. The Morgan fingerprint density at radius 1 is 1.44 bits per heavy atom. The van der Waals surface area contributed by atoms with E-state index in [2.05, 4.69) is 29.3 Å². The van der Waals surface area contributed by atoms with Gasteiger partial charge in [0.05, 0.1) is 12.6 Å². The number of halogens is 1. The summed E-state index contributed by atoms with van der Waals surface area (Å²) < 4.78 is 11.0. The maximum absolute atomic E-state index is 6.09. The molecule has 140 valence electrons. The first-order valence-corrected chi connectivity index (χ1v) is 9.27. The molecule has 6 nitrogen and oxygen atoms in total. The summed E-state index contributed by atoms with van der Waals surface area (Å²) in [6.07, 6.45) is 8.51. The first-order chi connectivity index (χ1) is 11.7. The predicted molar refractivity (Wildman–Crippen MR) is 107 cm³/mol. The van der Waals surface area contributed by atoms with Crippen molar-refractivity contribution in [3.63, 3.8) is 0 Å².